The molecule has 0 spiro atoms. The van der Waals surface area contributed by atoms with Crippen LogP contribution in [0.3, 0.4) is 0 Å². The molecule has 0 aromatic heterocycles. The van der Waals surface area contributed by atoms with Crippen LogP contribution < -0.4 is 4.74 Å². The largest absolute Gasteiger partial charge is 0.494 e. The number of hydrogen-bond donors (Lipinski definition) is 1. The molecular formula is C23H39N3O2. The molecule has 2 saturated heterocycles. The summed E-state index contributed by atoms with van der Waals surface area (Å²) >= 11 is 0. The van der Waals surface area contributed by atoms with Gasteiger partial charge < -0.3 is 14.7 Å². The Morgan fingerprint density at radius 3 is 2.54 bits per heavy atom. The zero-order chi connectivity index (χ0) is 19.9. The second-order valence-corrected chi connectivity index (χ2v) is 8.54. The van der Waals surface area contributed by atoms with Crippen molar-refractivity contribution in [2.24, 2.45) is 0 Å². The Balaban J connectivity index is 1.60. The minimum absolute atomic E-state index is 0.273. The molecule has 3 rings (SSSR count). The third-order valence-electron chi connectivity index (χ3n) is 6.44. The van der Waals surface area contributed by atoms with Crippen LogP contribution in [-0.2, 0) is 6.54 Å². The SMILES string of the molecule is CCOc1ccccc1CN1CCN(C2CCN(C(C)C)CC2)[C@H](CCO)C1. The summed E-state index contributed by atoms with van der Waals surface area (Å²) in [5.74, 6) is 1.01. The number of piperidine rings is 1. The maximum absolute atomic E-state index is 9.67. The molecule has 1 aromatic carbocycles. The highest BCUT2D eigenvalue weighted by molar-refractivity contribution is 5.33. The van der Waals surface area contributed by atoms with Gasteiger partial charge in [-0.3, -0.25) is 9.80 Å². The molecule has 28 heavy (non-hydrogen) atoms. The third kappa shape index (κ3) is 5.47. The molecular weight excluding hydrogens is 350 g/mol. The number of aliphatic hydroxyl groups excluding tert-OH is 1. The lowest BCUT2D eigenvalue weighted by Gasteiger charge is -2.48. The third-order valence-corrected chi connectivity index (χ3v) is 6.44. The van der Waals surface area contributed by atoms with E-state index in [2.05, 4.69) is 46.7 Å². The van der Waals surface area contributed by atoms with E-state index in [1.54, 1.807) is 0 Å². The first-order valence-electron chi connectivity index (χ1n) is 11.2. The highest BCUT2D eigenvalue weighted by Gasteiger charge is 2.34. The Bertz CT molecular complexity index is 587. The van der Waals surface area contributed by atoms with Gasteiger partial charge in [0.15, 0.2) is 0 Å². The fourth-order valence-electron chi connectivity index (χ4n) is 4.87. The molecule has 2 aliphatic rings. The molecule has 0 radical (unpaired) electrons. The second kappa shape index (κ2) is 10.6. The van der Waals surface area contributed by atoms with Gasteiger partial charge in [0.1, 0.15) is 5.75 Å². The summed E-state index contributed by atoms with van der Waals surface area (Å²) in [4.78, 5) is 7.84. The molecule has 2 aliphatic heterocycles. The van der Waals surface area contributed by atoms with Crippen molar-refractivity contribution in [3.63, 3.8) is 0 Å². The van der Waals surface area contributed by atoms with Crippen molar-refractivity contribution in [1.29, 1.82) is 0 Å². The Kier molecular flexibility index (Phi) is 8.15. The zero-order valence-corrected chi connectivity index (χ0v) is 18.0. The Labute approximate surface area is 171 Å². The molecule has 0 saturated carbocycles. The van der Waals surface area contributed by atoms with E-state index in [1.165, 1.54) is 31.5 Å². The summed E-state index contributed by atoms with van der Waals surface area (Å²) in [5, 5.41) is 9.67. The van der Waals surface area contributed by atoms with Crippen LogP contribution in [0, 0.1) is 0 Å². The van der Waals surface area contributed by atoms with Gasteiger partial charge in [0.25, 0.3) is 0 Å². The van der Waals surface area contributed by atoms with Gasteiger partial charge in [-0.05, 0) is 59.2 Å². The molecule has 2 fully saturated rings. The van der Waals surface area contributed by atoms with Gasteiger partial charge in [-0.1, -0.05) is 18.2 Å². The fourth-order valence-corrected chi connectivity index (χ4v) is 4.87. The summed E-state index contributed by atoms with van der Waals surface area (Å²) < 4.78 is 5.82. The van der Waals surface area contributed by atoms with E-state index in [0.29, 0.717) is 24.7 Å². The number of ether oxygens (including phenoxy) is 1. The molecule has 5 heteroatoms. The van der Waals surface area contributed by atoms with E-state index in [9.17, 15) is 5.11 Å². The quantitative estimate of drug-likeness (QED) is 0.740. The molecule has 1 atom stereocenters. The number of benzene rings is 1. The van der Waals surface area contributed by atoms with Crippen LogP contribution in [0.15, 0.2) is 24.3 Å². The maximum Gasteiger partial charge on any atom is 0.123 e. The van der Waals surface area contributed by atoms with Crippen molar-refractivity contribution in [2.75, 3.05) is 45.9 Å². The van der Waals surface area contributed by atoms with E-state index in [4.69, 9.17) is 4.74 Å². The molecule has 0 amide bonds. The van der Waals surface area contributed by atoms with Gasteiger partial charge in [0.05, 0.1) is 6.61 Å². The topological polar surface area (TPSA) is 39.2 Å². The van der Waals surface area contributed by atoms with E-state index in [1.807, 2.05) is 13.0 Å². The van der Waals surface area contributed by atoms with Gasteiger partial charge in [0.2, 0.25) is 0 Å². The molecule has 2 heterocycles. The zero-order valence-electron chi connectivity index (χ0n) is 18.0. The molecule has 1 aromatic rings. The van der Waals surface area contributed by atoms with Crippen LogP contribution in [0.4, 0.5) is 0 Å². The van der Waals surface area contributed by atoms with Crippen LogP contribution in [0.1, 0.15) is 45.6 Å². The van der Waals surface area contributed by atoms with Gasteiger partial charge in [-0.25, -0.2) is 0 Å². The van der Waals surface area contributed by atoms with E-state index < -0.39 is 0 Å². The first-order chi connectivity index (χ1) is 13.6. The molecule has 158 valence electrons. The first kappa shape index (κ1) is 21.6. The Morgan fingerprint density at radius 2 is 1.86 bits per heavy atom. The first-order valence-corrected chi connectivity index (χ1v) is 11.2. The van der Waals surface area contributed by atoms with Crippen molar-refractivity contribution in [2.45, 2.75) is 64.7 Å². The lowest BCUT2D eigenvalue weighted by Crippen LogP contribution is -2.58. The van der Waals surface area contributed by atoms with Crippen LogP contribution in [0.2, 0.25) is 0 Å². The van der Waals surface area contributed by atoms with Crippen LogP contribution in [0.25, 0.3) is 0 Å². The predicted molar refractivity (Wildman–Crippen MR) is 115 cm³/mol. The van der Waals surface area contributed by atoms with Crippen molar-refractivity contribution < 1.29 is 9.84 Å². The molecule has 1 N–H and O–H groups in total. The van der Waals surface area contributed by atoms with E-state index >= 15 is 0 Å². The van der Waals surface area contributed by atoms with Crippen molar-refractivity contribution in [3.8, 4) is 5.75 Å². The van der Waals surface area contributed by atoms with Gasteiger partial charge in [-0.2, -0.15) is 0 Å². The standard InChI is InChI=1S/C23H39N3O2/c1-4-28-23-8-6-5-7-20(23)17-24-14-15-26(22(18-24)11-16-27)21-9-12-25(13-10-21)19(2)3/h5-8,19,21-22,27H,4,9-18H2,1-3H3/t22-/m1/s1. The van der Waals surface area contributed by atoms with Crippen molar-refractivity contribution in [1.82, 2.24) is 14.7 Å². The lowest BCUT2D eigenvalue weighted by atomic mass is 9.97. The van der Waals surface area contributed by atoms with Crippen LogP contribution in [-0.4, -0.2) is 83.9 Å². The van der Waals surface area contributed by atoms with Crippen molar-refractivity contribution in [3.05, 3.63) is 29.8 Å². The number of rotatable bonds is 8. The monoisotopic (exact) mass is 389 g/mol. The van der Waals surface area contributed by atoms with E-state index in [-0.39, 0.29) is 6.61 Å². The average Bonchev–Trinajstić information content (AvgIpc) is 2.70. The van der Waals surface area contributed by atoms with Crippen LogP contribution >= 0.6 is 0 Å². The number of likely N-dealkylation sites (tertiary alicyclic amines) is 1. The lowest BCUT2D eigenvalue weighted by molar-refractivity contribution is -0.000223. The van der Waals surface area contributed by atoms with Crippen molar-refractivity contribution >= 4 is 0 Å². The normalized spacial score (nSPS) is 23.4. The number of hydrogen-bond acceptors (Lipinski definition) is 5. The van der Waals surface area contributed by atoms with Gasteiger partial charge in [-0.15, -0.1) is 0 Å². The molecule has 0 unspecified atom stereocenters. The Hall–Kier alpha value is -1.14. The summed E-state index contributed by atoms with van der Waals surface area (Å²) in [6.45, 7) is 14.2. The summed E-state index contributed by atoms with van der Waals surface area (Å²) in [6.07, 6.45) is 3.38. The summed E-state index contributed by atoms with van der Waals surface area (Å²) in [7, 11) is 0. The smallest absolute Gasteiger partial charge is 0.123 e. The second-order valence-electron chi connectivity index (χ2n) is 8.54. The number of para-hydroxylation sites is 1. The van der Waals surface area contributed by atoms with Crippen LogP contribution in [0.5, 0.6) is 5.75 Å². The summed E-state index contributed by atoms with van der Waals surface area (Å²) in [5.41, 5.74) is 1.27. The number of piperazine rings is 1. The summed E-state index contributed by atoms with van der Waals surface area (Å²) in [6, 6.07) is 10.2. The highest BCUT2D eigenvalue weighted by Crippen LogP contribution is 2.26. The average molecular weight is 390 g/mol. The molecule has 0 aliphatic carbocycles. The molecule has 5 nitrogen and oxygen atoms in total. The maximum atomic E-state index is 9.67. The fraction of sp³-hybridized carbons (Fsp3) is 0.739. The highest BCUT2D eigenvalue weighted by atomic mass is 16.5. The van der Waals surface area contributed by atoms with E-state index in [0.717, 1.165) is 38.3 Å². The number of aliphatic hydroxyl groups is 1. The van der Waals surface area contributed by atoms with Gasteiger partial charge >= 0.3 is 0 Å². The minimum Gasteiger partial charge on any atom is -0.494 e. The predicted octanol–water partition coefficient (Wildman–Crippen LogP) is 2.83. The Morgan fingerprint density at radius 1 is 1.11 bits per heavy atom. The van der Waals surface area contributed by atoms with Gasteiger partial charge in [0, 0.05) is 56.5 Å². The molecule has 0 bridgehead atoms. The minimum atomic E-state index is 0.273. The number of nitrogens with zero attached hydrogens (tertiary/aromatic N) is 3.